The monoisotopic (exact) mass is 250 g/mol. The second-order valence-electron chi connectivity index (χ2n) is 3.33. The van der Waals surface area contributed by atoms with Gasteiger partial charge in [-0.1, -0.05) is 0 Å². The number of alkyl halides is 3. The molecule has 0 unspecified atom stereocenters. The number of hydrogen-bond acceptors (Lipinski definition) is 4. The van der Waals surface area contributed by atoms with Crippen molar-refractivity contribution in [3.05, 3.63) is 23.9 Å². The molecular weight excluding hydrogens is 237 g/mol. The highest BCUT2D eigenvalue weighted by Crippen LogP contribution is 2.30. The van der Waals surface area contributed by atoms with E-state index >= 15 is 0 Å². The second kappa shape index (κ2) is 5.83. The Morgan fingerprint density at radius 2 is 1.76 bits per heavy atom. The lowest BCUT2D eigenvalue weighted by Crippen LogP contribution is -2.30. The van der Waals surface area contributed by atoms with Crippen molar-refractivity contribution in [2.24, 2.45) is 0 Å². The third kappa shape index (κ3) is 3.86. The zero-order chi connectivity index (χ0) is 12.9. The lowest BCUT2D eigenvalue weighted by molar-refractivity contribution is -0.137. The summed E-state index contributed by atoms with van der Waals surface area (Å²) in [7, 11) is 0. The summed E-state index contributed by atoms with van der Waals surface area (Å²) < 4.78 is 37.4. The number of anilines is 1. The van der Waals surface area contributed by atoms with Crippen molar-refractivity contribution in [1.82, 2.24) is 4.98 Å². The van der Waals surface area contributed by atoms with Crippen LogP contribution in [0.15, 0.2) is 18.3 Å². The molecule has 7 heteroatoms. The molecule has 0 atom stereocenters. The van der Waals surface area contributed by atoms with E-state index in [-0.39, 0.29) is 32.1 Å². The highest BCUT2D eigenvalue weighted by Gasteiger charge is 2.31. The van der Waals surface area contributed by atoms with Gasteiger partial charge in [0, 0.05) is 19.3 Å². The van der Waals surface area contributed by atoms with Crippen LogP contribution in [0.3, 0.4) is 0 Å². The molecule has 0 spiro atoms. The molecule has 0 aliphatic carbocycles. The molecule has 2 N–H and O–H groups in total. The van der Waals surface area contributed by atoms with Gasteiger partial charge in [0.25, 0.3) is 0 Å². The number of aliphatic hydroxyl groups excluding tert-OH is 2. The van der Waals surface area contributed by atoms with Crippen molar-refractivity contribution in [1.29, 1.82) is 0 Å². The summed E-state index contributed by atoms with van der Waals surface area (Å²) in [6, 6.07) is 1.77. The predicted molar refractivity (Wildman–Crippen MR) is 55.6 cm³/mol. The van der Waals surface area contributed by atoms with Gasteiger partial charge in [-0.15, -0.1) is 0 Å². The number of pyridine rings is 1. The van der Waals surface area contributed by atoms with Gasteiger partial charge in [-0.05, 0) is 12.1 Å². The Hall–Kier alpha value is -1.34. The van der Waals surface area contributed by atoms with Gasteiger partial charge in [-0.25, -0.2) is 4.98 Å². The van der Waals surface area contributed by atoms with Crippen LogP contribution in [0.4, 0.5) is 19.0 Å². The number of aliphatic hydroxyl groups is 2. The largest absolute Gasteiger partial charge is 0.416 e. The number of nitrogens with zero attached hydrogens (tertiary/aromatic N) is 2. The second-order valence-corrected chi connectivity index (χ2v) is 3.33. The summed E-state index contributed by atoms with van der Waals surface area (Å²) in [6.45, 7) is -0.209. The van der Waals surface area contributed by atoms with Crippen LogP contribution in [0.25, 0.3) is 0 Å². The van der Waals surface area contributed by atoms with Gasteiger partial charge >= 0.3 is 6.18 Å². The molecule has 17 heavy (non-hydrogen) atoms. The Labute approximate surface area is 96.3 Å². The first-order valence-electron chi connectivity index (χ1n) is 4.99. The normalized spacial score (nSPS) is 11.6. The van der Waals surface area contributed by atoms with Gasteiger partial charge in [-0.3, -0.25) is 0 Å². The van der Waals surface area contributed by atoms with Gasteiger partial charge in [-0.2, -0.15) is 13.2 Å². The molecule has 0 fully saturated rings. The number of aromatic nitrogens is 1. The maximum Gasteiger partial charge on any atom is 0.416 e. The van der Waals surface area contributed by atoms with Gasteiger partial charge < -0.3 is 15.1 Å². The molecule has 0 bridgehead atoms. The molecule has 1 rings (SSSR count). The Kier molecular flexibility index (Phi) is 4.71. The van der Waals surface area contributed by atoms with E-state index in [1.165, 1.54) is 4.90 Å². The Morgan fingerprint density at radius 1 is 1.18 bits per heavy atom. The third-order valence-corrected chi connectivity index (χ3v) is 2.14. The van der Waals surface area contributed by atoms with Crippen molar-refractivity contribution in [2.75, 3.05) is 31.2 Å². The molecule has 1 aromatic rings. The highest BCUT2D eigenvalue weighted by molar-refractivity contribution is 5.41. The summed E-state index contributed by atoms with van der Waals surface area (Å²) >= 11 is 0. The molecule has 0 saturated heterocycles. The van der Waals surface area contributed by atoms with Crippen molar-refractivity contribution < 1.29 is 23.4 Å². The highest BCUT2D eigenvalue weighted by atomic mass is 19.4. The fourth-order valence-electron chi connectivity index (χ4n) is 1.35. The Bertz CT molecular complexity index is 352. The molecule has 0 aliphatic heterocycles. The summed E-state index contributed by atoms with van der Waals surface area (Å²) in [5.74, 6) is 0.0860. The van der Waals surface area contributed by atoms with E-state index in [0.29, 0.717) is 0 Å². The summed E-state index contributed by atoms with van der Waals surface area (Å²) in [6.07, 6.45) is -3.37. The third-order valence-electron chi connectivity index (χ3n) is 2.14. The van der Waals surface area contributed by atoms with Crippen LogP contribution in [-0.2, 0) is 6.18 Å². The average molecular weight is 250 g/mol. The van der Waals surface area contributed by atoms with E-state index in [1.807, 2.05) is 0 Å². The van der Waals surface area contributed by atoms with Crippen LogP contribution in [-0.4, -0.2) is 41.5 Å². The van der Waals surface area contributed by atoms with Crippen LogP contribution in [0.1, 0.15) is 5.56 Å². The standard InChI is InChI=1S/C10H13F3N2O2/c11-10(12,13)8-1-2-14-9(7-8)15(3-5-16)4-6-17/h1-2,7,16-17H,3-6H2. The number of halogens is 3. The maximum absolute atomic E-state index is 12.5. The van der Waals surface area contributed by atoms with Crippen LogP contribution >= 0.6 is 0 Å². The van der Waals surface area contributed by atoms with Crippen molar-refractivity contribution in [3.8, 4) is 0 Å². The van der Waals surface area contributed by atoms with Crippen molar-refractivity contribution >= 4 is 5.82 Å². The predicted octanol–water partition coefficient (Wildman–Crippen LogP) is 0.891. The van der Waals surface area contributed by atoms with Gasteiger partial charge in [0.2, 0.25) is 0 Å². The van der Waals surface area contributed by atoms with E-state index in [9.17, 15) is 13.2 Å². The minimum Gasteiger partial charge on any atom is -0.395 e. The maximum atomic E-state index is 12.5. The van der Waals surface area contributed by atoms with Crippen LogP contribution in [0, 0.1) is 0 Å². The molecule has 0 aliphatic rings. The minimum atomic E-state index is -4.43. The molecule has 0 radical (unpaired) electrons. The van der Waals surface area contributed by atoms with Gasteiger partial charge in [0.15, 0.2) is 0 Å². The smallest absolute Gasteiger partial charge is 0.395 e. The topological polar surface area (TPSA) is 56.6 Å². The Morgan fingerprint density at radius 3 is 2.24 bits per heavy atom. The van der Waals surface area contributed by atoms with E-state index in [0.717, 1.165) is 18.3 Å². The first-order valence-corrected chi connectivity index (χ1v) is 4.99. The molecule has 0 amide bonds. The molecule has 4 nitrogen and oxygen atoms in total. The quantitative estimate of drug-likeness (QED) is 0.815. The zero-order valence-electron chi connectivity index (χ0n) is 8.98. The van der Waals surface area contributed by atoms with Crippen LogP contribution < -0.4 is 4.90 Å². The fourth-order valence-corrected chi connectivity index (χ4v) is 1.35. The number of rotatable bonds is 5. The first-order chi connectivity index (χ1) is 7.99. The summed E-state index contributed by atoms with van der Waals surface area (Å²) in [5, 5.41) is 17.6. The van der Waals surface area contributed by atoms with Crippen molar-refractivity contribution in [3.63, 3.8) is 0 Å². The Balaban J connectivity index is 2.95. The molecule has 1 aromatic heterocycles. The molecule has 0 saturated carbocycles. The van der Waals surface area contributed by atoms with E-state index in [1.54, 1.807) is 0 Å². The molecule has 96 valence electrons. The molecule has 0 aromatic carbocycles. The lowest BCUT2D eigenvalue weighted by Gasteiger charge is -2.22. The van der Waals surface area contributed by atoms with E-state index in [4.69, 9.17) is 10.2 Å². The van der Waals surface area contributed by atoms with Crippen molar-refractivity contribution in [2.45, 2.75) is 6.18 Å². The minimum absolute atomic E-state index is 0.0860. The molecular formula is C10H13F3N2O2. The summed E-state index contributed by atoms with van der Waals surface area (Å²) in [5.41, 5.74) is -0.802. The zero-order valence-corrected chi connectivity index (χ0v) is 8.98. The SMILES string of the molecule is OCCN(CCO)c1cc(C(F)(F)F)ccn1. The van der Waals surface area contributed by atoms with E-state index in [2.05, 4.69) is 4.98 Å². The van der Waals surface area contributed by atoms with Gasteiger partial charge in [0.05, 0.1) is 18.8 Å². The summed E-state index contributed by atoms with van der Waals surface area (Å²) in [4.78, 5) is 5.18. The van der Waals surface area contributed by atoms with Gasteiger partial charge in [0.1, 0.15) is 5.82 Å². The van der Waals surface area contributed by atoms with E-state index < -0.39 is 11.7 Å². The number of hydrogen-bond donors (Lipinski definition) is 2. The fraction of sp³-hybridized carbons (Fsp3) is 0.500. The lowest BCUT2D eigenvalue weighted by atomic mass is 10.2. The van der Waals surface area contributed by atoms with Crippen LogP contribution in [0.5, 0.6) is 0 Å². The molecule has 1 heterocycles. The average Bonchev–Trinajstić information content (AvgIpc) is 2.28. The van der Waals surface area contributed by atoms with Crippen LogP contribution in [0.2, 0.25) is 0 Å². The first kappa shape index (κ1) is 13.7.